The second-order valence-corrected chi connectivity index (χ2v) is 4.92. The molecule has 0 aliphatic heterocycles. The molecule has 1 N–H and O–H groups in total. The summed E-state index contributed by atoms with van der Waals surface area (Å²) in [5, 5.41) is 3.65. The molecule has 0 bridgehead atoms. The molecular formula is C14H22N2. The summed E-state index contributed by atoms with van der Waals surface area (Å²) in [6.45, 7) is 0. The van der Waals surface area contributed by atoms with Crippen LogP contribution >= 0.6 is 0 Å². The van der Waals surface area contributed by atoms with Crippen LogP contribution in [-0.2, 0) is 0 Å². The Hall–Kier alpha value is -1.18. The highest BCUT2D eigenvalue weighted by Gasteiger charge is 2.12. The van der Waals surface area contributed by atoms with E-state index in [-0.39, 0.29) is 0 Å². The van der Waals surface area contributed by atoms with Crippen molar-refractivity contribution >= 4 is 11.4 Å². The number of nitrogens with one attached hydrogen (secondary N) is 1. The zero-order valence-electron chi connectivity index (χ0n) is 10.4. The van der Waals surface area contributed by atoms with Crippen LogP contribution in [-0.4, -0.2) is 20.1 Å². The maximum Gasteiger partial charge on any atom is 0.0381 e. The first-order valence-corrected chi connectivity index (χ1v) is 6.29. The number of rotatable bonds is 3. The van der Waals surface area contributed by atoms with E-state index in [1.54, 1.807) is 0 Å². The van der Waals surface area contributed by atoms with Crippen molar-refractivity contribution in [3.63, 3.8) is 0 Å². The van der Waals surface area contributed by atoms with Gasteiger partial charge in [-0.2, -0.15) is 0 Å². The predicted molar refractivity (Wildman–Crippen MR) is 71.3 cm³/mol. The van der Waals surface area contributed by atoms with Crippen molar-refractivity contribution in [1.29, 1.82) is 0 Å². The van der Waals surface area contributed by atoms with Crippen LogP contribution in [0.4, 0.5) is 11.4 Å². The van der Waals surface area contributed by atoms with E-state index in [9.17, 15) is 0 Å². The van der Waals surface area contributed by atoms with Crippen molar-refractivity contribution in [1.82, 2.24) is 0 Å². The normalized spacial score (nSPS) is 17.1. The Morgan fingerprint density at radius 1 is 1.12 bits per heavy atom. The van der Waals surface area contributed by atoms with Gasteiger partial charge in [0.25, 0.3) is 0 Å². The third-order valence-corrected chi connectivity index (χ3v) is 3.34. The van der Waals surface area contributed by atoms with Crippen molar-refractivity contribution in [3.8, 4) is 0 Å². The summed E-state index contributed by atoms with van der Waals surface area (Å²) in [6, 6.07) is 9.36. The maximum absolute atomic E-state index is 3.65. The molecule has 2 nitrogen and oxygen atoms in total. The van der Waals surface area contributed by atoms with Crippen LogP contribution in [0.3, 0.4) is 0 Å². The third-order valence-electron chi connectivity index (χ3n) is 3.34. The van der Waals surface area contributed by atoms with E-state index in [2.05, 4.69) is 48.6 Å². The van der Waals surface area contributed by atoms with E-state index >= 15 is 0 Å². The summed E-state index contributed by atoms with van der Waals surface area (Å²) in [4.78, 5) is 2.14. The standard InChI is InChI=1S/C14H22N2/c1-16(2)14-10-6-9-13(11-14)15-12-7-4-3-5-8-12/h6,9-12,15H,3-5,7-8H2,1-2H3. The van der Waals surface area contributed by atoms with Crippen LogP contribution < -0.4 is 10.2 Å². The summed E-state index contributed by atoms with van der Waals surface area (Å²) in [5.41, 5.74) is 2.53. The second kappa shape index (κ2) is 5.24. The van der Waals surface area contributed by atoms with Gasteiger partial charge in [-0.05, 0) is 31.0 Å². The van der Waals surface area contributed by atoms with Gasteiger partial charge in [-0.15, -0.1) is 0 Å². The minimum Gasteiger partial charge on any atom is -0.382 e. The van der Waals surface area contributed by atoms with Crippen LogP contribution in [0.2, 0.25) is 0 Å². The van der Waals surface area contributed by atoms with Crippen LogP contribution in [0.5, 0.6) is 0 Å². The van der Waals surface area contributed by atoms with Gasteiger partial charge in [-0.25, -0.2) is 0 Å². The lowest BCUT2D eigenvalue weighted by Gasteiger charge is -2.24. The number of benzene rings is 1. The average molecular weight is 218 g/mol. The fraction of sp³-hybridized carbons (Fsp3) is 0.571. The highest BCUT2D eigenvalue weighted by atomic mass is 15.1. The summed E-state index contributed by atoms with van der Waals surface area (Å²) >= 11 is 0. The van der Waals surface area contributed by atoms with Gasteiger partial charge < -0.3 is 10.2 Å². The number of hydrogen-bond donors (Lipinski definition) is 1. The fourth-order valence-corrected chi connectivity index (χ4v) is 2.36. The molecule has 88 valence electrons. The first-order chi connectivity index (χ1) is 7.75. The Labute approximate surface area is 98.7 Å². The zero-order chi connectivity index (χ0) is 11.4. The van der Waals surface area contributed by atoms with Gasteiger partial charge >= 0.3 is 0 Å². The molecule has 0 spiro atoms. The van der Waals surface area contributed by atoms with Crippen molar-refractivity contribution in [3.05, 3.63) is 24.3 Å². The molecule has 0 amide bonds. The van der Waals surface area contributed by atoms with E-state index in [4.69, 9.17) is 0 Å². The molecule has 1 aliphatic rings. The van der Waals surface area contributed by atoms with E-state index in [1.807, 2.05) is 0 Å². The molecule has 1 saturated carbocycles. The SMILES string of the molecule is CN(C)c1cccc(NC2CCCCC2)c1. The molecule has 1 aromatic carbocycles. The average Bonchev–Trinajstić information content (AvgIpc) is 2.30. The minimum absolute atomic E-state index is 0.686. The van der Waals surface area contributed by atoms with E-state index < -0.39 is 0 Å². The van der Waals surface area contributed by atoms with Gasteiger partial charge in [-0.1, -0.05) is 25.3 Å². The molecule has 0 unspecified atom stereocenters. The van der Waals surface area contributed by atoms with Gasteiger partial charge in [-0.3, -0.25) is 0 Å². The lowest BCUT2D eigenvalue weighted by Crippen LogP contribution is -2.22. The second-order valence-electron chi connectivity index (χ2n) is 4.92. The van der Waals surface area contributed by atoms with Crippen molar-refractivity contribution < 1.29 is 0 Å². The molecule has 0 atom stereocenters. The quantitative estimate of drug-likeness (QED) is 0.835. The van der Waals surface area contributed by atoms with Crippen molar-refractivity contribution in [2.45, 2.75) is 38.1 Å². The van der Waals surface area contributed by atoms with Crippen LogP contribution in [0.15, 0.2) is 24.3 Å². The number of nitrogens with zero attached hydrogens (tertiary/aromatic N) is 1. The smallest absolute Gasteiger partial charge is 0.0381 e. The van der Waals surface area contributed by atoms with E-state index in [0.29, 0.717) is 6.04 Å². The molecule has 1 fully saturated rings. The Balaban J connectivity index is 2.00. The zero-order valence-corrected chi connectivity index (χ0v) is 10.4. The molecule has 1 aliphatic carbocycles. The van der Waals surface area contributed by atoms with Gasteiger partial charge in [0.1, 0.15) is 0 Å². The van der Waals surface area contributed by atoms with Crippen molar-refractivity contribution in [2.75, 3.05) is 24.3 Å². The first kappa shape index (κ1) is 11.3. The molecule has 0 aromatic heterocycles. The molecule has 1 aromatic rings. The largest absolute Gasteiger partial charge is 0.382 e. The number of hydrogen-bond acceptors (Lipinski definition) is 2. The van der Waals surface area contributed by atoms with E-state index in [0.717, 1.165) is 0 Å². The predicted octanol–water partition coefficient (Wildman–Crippen LogP) is 3.50. The van der Waals surface area contributed by atoms with Gasteiger partial charge in [0, 0.05) is 31.5 Å². The maximum atomic E-state index is 3.65. The van der Waals surface area contributed by atoms with Gasteiger partial charge in [0.15, 0.2) is 0 Å². The Morgan fingerprint density at radius 2 is 1.88 bits per heavy atom. The topological polar surface area (TPSA) is 15.3 Å². The van der Waals surface area contributed by atoms with Gasteiger partial charge in [0.05, 0.1) is 0 Å². The highest BCUT2D eigenvalue weighted by molar-refractivity contribution is 5.57. The van der Waals surface area contributed by atoms with Crippen LogP contribution in [0.1, 0.15) is 32.1 Å². The highest BCUT2D eigenvalue weighted by Crippen LogP contribution is 2.23. The third kappa shape index (κ3) is 2.91. The monoisotopic (exact) mass is 218 g/mol. The Kier molecular flexibility index (Phi) is 3.70. The summed E-state index contributed by atoms with van der Waals surface area (Å²) < 4.78 is 0. The lowest BCUT2D eigenvalue weighted by molar-refractivity contribution is 0.463. The Bertz CT molecular complexity index is 327. The van der Waals surface area contributed by atoms with Gasteiger partial charge in [0.2, 0.25) is 0 Å². The van der Waals surface area contributed by atoms with Crippen LogP contribution in [0, 0.1) is 0 Å². The van der Waals surface area contributed by atoms with E-state index in [1.165, 1.54) is 43.5 Å². The molecule has 2 heteroatoms. The van der Waals surface area contributed by atoms with Crippen molar-refractivity contribution in [2.24, 2.45) is 0 Å². The molecule has 16 heavy (non-hydrogen) atoms. The summed E-state index contributed by atoms with van der Waals surface area (Å²) in [6.07, 6.45) is 6.82. The number of anilines is 2. The minimum atomic E-state index is 0.686. The fourth-order valence-electron chi connectivity index (χ4n) is 2.36. The summed E-state index contributed by atoms with van der Waals surface area (Å²) in [5.74, 6) is 0. The molecular weight excluding hydrogens is 196 g/mol. The molecule has 2 rings (SSSR count). The van der Waals surface area contributed by atoms with Crippen LogP contribution in [0.25, 0.3) is 0 Å². The molecule has 0 heterocycles. The Morgan fingerprint density at radius 3 is 2.56 bits per heavy atom. The summed E-state index contributed by atoms with van der Waals surface area (Å²) in [7, 11) is 4.17. The first-order valence-electron chi connectivity index (χ1n) is 6.29. The molecule has 0 saturated heterocycles. The lowest BCUT2D eigenvalue weighted by atomic mass is 9.95. The molecule has 0 radical (unpaired) electrons.